The molecule has 2 aromatic carbocycles. The van der Waals surface area contributed by atoms with E-state index in [1.807, 2.05) is 6.07 Å². The van der Waals surface area contributed by atoms with Gasteiger partial charge in [-0.1, -0.05) is 11.6 Å². The molecule has 2 aromatic rings. The third kappa shape index (κ3) is 7.61. The summed E-state index contributed by atoms with van der Waals surface area (Å²) in [6, 6.07) is 14.5. The number of ether oxygens (including phenoxy) is 1. The smallest absolute Gasteiger partial charge is 0.258 e. The summed E-state index contributed by atoms with van der Waals surface area (Å²) in [5.41, 5.74) is 8.15. The molecule has 0 saturated carbocycles. The van der Waals surface area contributed by atoms with Gasteiger partial charge in [-0.25, -0.2) is 0 Å². The molecule has 1 saturated heterocycles. The van der Waals surface area contributed by atoms with Crippen LogP contribution < -0.4 is 11.1 Å². The summed E-state index contributed by atoms with van der Waals surface area (Å²) >= 11 is 7.56. The number of halogens is 1. The van der Waals surface area contributed by atoms with Gasteiger partial charge >= 0.3 is 0 Å². The quantitative estimate of drug-likeness (QED) is 0.227. The largest absolute Gasteiger partial charge is 0.404 e. The van der Waals surface area contributed by atoms with Crippen LogP contribution in [0.3, 0.4) is 0 Å². The summed E-state index contributed by atoms with van der Waals surface area (Å²) in [7, 11) is 0. The third-order valence-corrected chi connectivity index (χ3v) is 6.67. The summed E-state index contributed by atoms with van der Waals surface area (Å²) < 4.78 is 5.38. The lowest BCUT2D eigenvalue weighted by atomic mass is 10.1. The highest BCUT2D eigenvalue weighted by atomic mass is 35.5. The molecule has 0 aliphatic carbocycles. The zero-order chi connectivity index (χ0) is 24.3. The molecule has 7 nitrogen and oxygen atoms in total. The maximum atomic E-state index is 12.8. The zero-order valence-corrected chi connectivity index (χ0v) is 20.7. The van der Waals surface area contributed by atoms with Crippen LogP contribution in [0.1, 0.15) is 18.9 Å². The Hall–Kier alpha value is -2.83. The van der Waals surface area contributed by atoms with Gasteiger partial charge in [0.1, 0.15) is 6.07 Å². The van der Waals surface area contributed by atoms with Crippen LogP contribution in [-0.4, -0.2) is 55.1 Å². The zero-order valence-electron chi connectivity index (χ0n) is 19.1. The first-order valence-electron chi connectivity index (χ1n) is 11.0. The van der Waals surface area contributed by atoms with E-state index in [9.17, 15) is 10.1 Å². The first-order chi connectivity index (χ1) is 16.5. The second kappa shape index (κ2) is 13.2. The molecule has 0 unspecified atom stereocenters. The molecule has 34 heavy (non-hydrogen) atoms. The fourth-order valence-corrected chi connectivity index (χ4v) is 4.49. The van der Waals surface area contributed by atoms with Gasteiger partial charge in [-0.2, -0.15) is 5.26 Å². The molecular formula is C25H28ClN5O2S. The van der Waals surface area contributed by atoms with Crippen molar-refractivity contribution in [1.29, 1.82) is 5.26 Å². The number of hydrogen-bond donors (Lipinski definition) is 2. The second-order valence-electron chi connectivity index (χ2n) is 7.69. The summed E-state index contributed by atoms with van der Waals surface area (Å²) in [5, 5.41) is 13.0. The Bertz CT molecular complexity index is 1090. The summed E-state index contributed by atoms with van der Waals surface area (Å²) in [6.07, 6.45) is 2.26. The van der Waals surface area contributed by atoms with Crippen molar-refractivity contribution in [2.24, 2.45) is 10.7 Å². The van der Waals surface area contributed by atoms with E-state index in [-0.39, 0.29) is 5.57 Å². The Labute approximate surface area is 209 Å². The van der Waals surface area contributed by atoms with Gasteiger partial charge in [0.05, 0.1) is 35.7 Å². The normalized spacial score (nSPS) is 15.1. The van der Waals surface area contributed by atoms with Crippen LogP contribution >= 0.6 is 23.4 Å². The van der Waals surface area contributed by atoms with Crippen LogP contribution in [0, 0.1) is 11.3 Å². The Morgan fingerprint density at radius 2 is 2.03 bits per heavy atom. The van der Waals surface area contributed by atoms with Crippen LogP contribution in [0.2, 0.25) is 5.02 Å². The van der Waals surface area contributed by atoms with Crippen molar-refractivity contribution >= 4 is 46.4 Å². The molecule has 3 N–H and O–H groups in total. The van der Waals surface area contributed by atoms with Crippen molar-refractivity contribution in [3.05, 3.63) is 64.8 Å². The van der Waals surface area contributed by atoms with Crippen molar-refractivity contribution in [3.63, 3.8) is 0 Å². The van der Waals surface area contributed by atoms with E-state index in [4.69, 9.17) is 22.1 Å². The maximum Gasteiger partial charge on any atom is 0.258 e. The minimum absolute atomic E-state index is 0.245. The molecular weight excluding hydrogens is 470 g/mol. The van der Waals surface area contributed by atoms with Crippen LogP contribution in [-0.2, 0) is 9.53 Å². The highest BCUT2D eigenvalue weighted by molar-refractivity contribution is 7.99. The number of nitriles is 1. The van der Waals surface area contributed by atoms with E-state index in [0.29, 0.717) is 27.7 Å². The molecule has 0 bridgehead atoms. The van der Waals surface area contributed by atoms with E-state index in [1.54, 1.807) is 55.1 Å². The standard InChI is InChI=1S/C25H28ClN5O2S/c1-18(29-21-5-3-20(26)4-6-21)23(17-28)25(32)30-22-7-8-24(19(15-22)16-27)34-14-2-9-31-10-12-33-13-11-31/h3-8,15,17H,2,9-14,28H2,1H3,(H,30,32). The lowest BCUT2D eigenvalue weighted by Gasteiger charge is -2.26. The molecule has 1 heterocycles. The average Bonchev–Trinajstić information content (AvgIpc) is 2.85. The minimum atomic E-state index is -0.396. The van der Waals surface area contributed by atoms with Gasteiger partial charge < -0.3 is 15.8 Å². The first kappa shape index (κ1) is 25.8. The lowest BCUT2D eigenvalue weighted by Crippen LogP contribution is -2.36. The van der Waals surface area contributed by atoms with Gasteiger partial charge in [-0.05, 0) is 68.1 Å². The maximum absolute atomic E-state index is 12.8. The number of nitrogens with one attached hydrogen (secondary N) is 1. The molecule has 0 radical (unpaired) electrons. The van der Waals surface area contributed by atoms with E-state index >= 15 is 0 Å². The summed E-state index contributed by atoms with van der Waals surface area (Å²) in [5.74, 6) is 0.519. The number of nitrogens with two attached hydrogens (primary N) is 1. The fourth-order valence-electron chi connectivity index (χ4n) is 3.44. The molecule has 1 aliphatic heterocycles. The molecule has 9 heteroatoms. The fraction of sp³-hybridized carbons (Fsp3) is 0.320. The molecule has 1 amide bonds. The number of carbonyl (C=O) groups is 1. The number of nitrogens with zero attached hydrogens (tertiary/aromatic N) is 3. The number of thioether (sulfide) groups is 1. The first-order valence-corrected chi connectivity index (χ1v) is 12.4. The van der Waals surface area contributed by atoms with Crippen molar-refractivity contribution in [2.75, 3.05) is 43.9 Å². The van der Waals surface area contributed by atoms with E-state index in [2.05, 4.69) is 21.3 Å². The number of anilines is 1. The predicted octanol–water partition coefficient (Wildman–Crippen LogP) is 4.60. The number of rotatable bonds is 9. The third-order valence-electron chi connectivity index (χ3n) is 5.26. The van der Waals surface area contributed by atoms with Crippen molar-refractivity contribution in [3.8, 4) is 6.07 Å². The van der Waals surface area contributed by atoms with Crippen LogP contribution in [0.5, 0.6) is 0 Å². The van der Waals surface area contributed by atoms with Gasteiger partial charge in [0, 0.05) is 34.9 Å². The van der Waals surface area contributed by atoms with Gasteiger partial charge in [-0.15, -0.1) is 11.8 Å². The summed E-state index contributed by atoms with van der Waals surface area (Å²) in [4.78, 5) is 20.6. The van der Waals surface area contributed by atoms with Crippen LogP contribution in [0.15, 0.2) is 64.1 Å². The number of morpholine rings is 1. The summed E-state index contributed by atoms with van der Waals surface area (Å²) in [6.45, 7) is 6.29. The van der Waals surface area contributed by atoms with Gasteiger partial charge in [0.25, 0.3) is 5.91 Å². The average molecular weight is 498 g/mol. The Balaban J connectivity index is 1.59. The van der Waals surface area contributed by atoms with E-state index in [0.717, 1.165) is 49.9 Å². The Kier molecular flexibility index (Phi) is 9.98. The Morgan fingerprint density at radius 1 is 1.29 bits per heavy atom. The number of carbonyl (C=O) groups excluding carboxylic acids is 1. The second-order valence-corrected chi connectivity index (χ2v) is 9.26. The molecule has 1 fully saturated rings. The molecule has 3 rings (SSSR count). The van der Waals surface area contributed by atoms with Gasteiger partial charge in [0.15, 0.2) is 0 Å². The molecule has 1 aliphatic rings. The van der Waals surface area contributed by atoms with E-state index in [1.165, 1.54) is 6.20 Å². The topological polar surface area (TPSA) is 104 Å². The number of aliphatic imine (C=N–C) groups is 1. The Morgan fingerprint density at radius 3 is 2.71 bits per heavy atom. The molecule has 0 spiro atoms. The monoisotopic (exact) mass is 497 g/mol. The molecule has 0 atom stereocenters. The van der Waals surface area contributed by atoms with Crippen molar-refractivity contribution < 1.29 is 9.53 Å². The molecule has 0 aromatic heterocycles. The highest BCUT2D eigenvalue weighted by Crippen LogP contribution is 2.26. The number of hydrogen-bond acceptors (Lipinski definition) is 7. The molecule has 178 valence electrons. The lowest BCUT2D eigenvalue weighted by molar-refractivity contribution is -0.112. The van der Waals surface area contributed by atoms with Gasteiger partial charge in [0.2, 0.25) is 0 Å². The predicted molar refractivity (Wildman–Crippen MR) is 139 cm³/mol. The number of benzene rings is 2. The van der Waals surface area contributed by atoms with Crippen molar-refractivity contribution in [1.82, 2.24) is 4.90 Å². The van der Waals surface area contributed by atoms with Gasteiger partial charge in [-0.3, -0.25) is 14.7 Å². The minimum Gasteiger partial charge on any atom is -0.404 e. The SMILES string of the molecule is CC(=Nc1ccc(Cl)cc1)C(=CN)C(=O)Nc1ccc(SCCCN2CCOCC2)c(C#N)c1. The van der Waals surface area contributed by atoms with Crippen molar-refractivity contribution in [2.45, 2.75) is 18.2 Å². The van der Waals surface area contributed by atoms with E-state index < -0.39 is 5.91 Å². The number of amides is 1. The van der Waals surface area contributed by atoms with Crippen LogP contribution in [0.4, 0.5) is 11.4 Å². The highest BCUT2D eigenvalue weighted by Gasteiger charge is 2.15. The van der Waals surface area contributed by atoms with Crippen LogP contribution in [0.25, 0.3) is 0 Å².